The standard InChI is InChI=1S/C11H21FN2/c12-5-7-14(11-3-4-11)9-10-2-1-6-13-8-10/h10-11,13H,1-9H2. The summed E-state index contributed by atoms with van der Waals surface area (Å²) in [7, 11) is 0. The highest BCUT2D eigenvalue weighted by molar-refractivity contribution is 4.86. The molecule has 2 rings (SSSR count). The summed E-state index contributed by atoms with van der Waals surface area (Å²) >= 11 is 0. The van der Waals surface area contributed by atoms with Crippen molar-refractivity contribution in [3.8, 4) is 0 Å². The molecule has 14 heavy (non-hydrogen) atoms. The summed E-state index contributed by atoms with van der Waals surface area (Å²) in [6.07, 6.45) is 5.20. The molecule has 1 aliphatic carbocycles. The van der Waals surface area contributed by atoms with Crippen molar-refractivity contribution in [2.75, 3.05) is 32.9 Å². The van der Waals surface area contributed by atoms with Crippen LogP contribution in [0.3, 0.4) is 0 Å². The second-order valence-corrected chi connectivity index (χ2v) is 4.63. The lowest BCUT2D eigenvalue weighted by atomic mass is 9.99. The summed E-state index contributed by atoms with van der Waals surface area (Å²) in [5.41, 5.74) is 0. The number of nitrogens with zero attached hydrogens (tertiary/aromatic N) is 1. The summed E-state index contributed by atoms with van der Waals surface area (Å²) < 4.78 is 12.3. The molecule has 0 aromatic rings. The Kier molecular flexibility index (Phi) is 3.76. The van der Waals surface area contributed by atoms with Crippen molar-refractivity contribution in [1.82, 2.24) is 10.2 Å². The fourth-order valence-corrected chi connectivity index (χ4v) is 2.38. The third-order valence-electron chi connectivity index (χ3n) is 3.33. The molecule has 1 saturated carbocycles. The van der Waals surface area contributed by atoms with Crippen LogP contribution in [0.15, 0.2) is 0 Å². The molecule has 2 aliphatic rings. The molecule has 0 radical (unpaired) electrons. The first-order valence-electron chi connectivity index (χ1n) is 5.91. The fourth-order valence-electron chi connectivity index (χ4n) is 2.38. The van der Waals surface area contributed by atoms with Crippen LogP contribution in [-0.2, 0) is 0 Å². The average molecular weight is 200 g/mol. The smallest absolute Gasteiger partial charge is 0.102 e. The van der Waals surface area contributed by atoms with Gasteiger partial charge in [-0.2, -0.15) is 0 Å². The van der Waals surface area contributed by atoms with Crippen molar-refractivity contribution in [3.63, 3.8) is 0 Å². The molecular weight excluding hydrogens is 179 g/mol. The van der Waals surface area contributed by atoms with Gasteiger partial charge in [0, 0.05) is 19.1 Å². The number of piperidine rings is 1. The zero-order chi connectivity index (χ0) is 9.80. The fraction of sp³-hybridized carbons (Fsp3) is 1.00. The van der Waals surface area contributed by atoms with Crippen molar-refractivity contribution in [2.45, 2.75) is 31.7 Å². The summed E-state index contributed by atoms with van der Waals surface area (Å²) in [5.74, 6) is 0.760. The summed E-state index contributed by atoms with van der Waals surface area (Å²) in [6.45, 7) is 3.89. The van der Waals surface area contributed by atoms with E-state index in [2.05, 4.69) is 10.2 Å². The van der Waals surface area contributed by atoms with E-state index in [0.29, 0.717) is 12.6 Å². The molecule has 0 spiro atoms. The molecule has 3 heteroatoms. The third-order valence-corrected chi connectivity index (χ3v) is 3.33. The van der Waals surface area contributed by atoms with Crippen LogP contribution in [0, 0.1) is 5.92 Å². The number of nitrogens with one attached hydrogen (secondary N) is 1. The van der Waals surface area contributed by atoms with Crippen LogP contribution in [0.2, 0.25) is 0 Å². The highest BCUT2D eigenvalue weighted by Crippen LogP contribution is 2.28. The topological polar surface area (TPSA) is 15.3 Å². The average Bonchev–Trinajstić information content (AvgIpc) is 3.02. The zero-order valence-electron chi connectivity index (χ0n) is 8.84. The number of hydrogen-bond donors (Lipinski definition) is 1. The van der Waals surface area contributed by atoms with E-state index >= 15 is 0 Å². The molecular formula is C11H21FN2. The van der Waals surface area contributed by atoms with Crippen LogP contribution in [0.4, 0.5) is 4.39 Å². The lowest BCUT2D eigenvalue weighted by Crippen LogP contribution is -2.40. The summed E-state index contributed by atoms with van der Waals surface area (Å²) in [5, 5.41) is 3.42. The lowest BCUT2D eigenvalue weighted by Gasteiger charge is -2.29. The molecule has 1 unspecified atom stereocenters. The van der Waals surface area contributed by atoms with E-state index in [1.165, 1.54) is 32.2 Å². The van der Waals surface area contributed by atoms with Crippen LogP contribution >= 0.6 is 0 Å². The first-order valence-corrected chi connectivity index (χ1v) is 5.91. The third kappa shape index (κ3) is 2.92. The van der Waals surface area contributed by atoms with E-state index in [1.54, 1.807) is 0 Å². The van der Waals surface area contributed by atoms with Gasteiger partial charge in [-0.3, -0.25) is 4.90 Å². The van der Waals surface area contributed by atoms with Crippen LogP contribution in [-0.4, -0.2) is 43.8 Å². The van der Waals surface area contributed by atoms with Gasteiger partial charge < -0.3 is 5.32 Å². The second-order valence-electron chi connectivity index (χ2n) is 4.63. The van der Waals surface area contributed by atoms with Gasteiger partial charge in [0.15, 0.2) is 0 Å². The van der Waals surface area contributed by atoms with Crippen molar-refractivity contribution >= 4 is 0 Å². The molecule has 1 saturated heterocycles. The van der Waals surface area contributed by atoms with Crippen LogP contribution in [0.5, 0.6) is 0 Å². The molecule has 0 aromatic heterocycles. The van der Waals surface area contributed by atoms with E-state index in [9.17, 15) is 4.39 Å². The molecule has 1 atom stereocenters. The molecule has 2 fully saturated rings. The van der Waals surface area contributed by atoms with Crippen molar-refractivity contribution in [1.29, 1.82) is 0 Å². The Morgan fingerprint density at radius 2 is 2.14 bits per heavy atom. The molecule has 0 amide bonds. The zero-order valence-corrected chi connectivity index (χ0v) is 8.84. The molecule has 1 heterocycles. The van der Waals surface area contributed by atoms with Gasteiger partial charge in [0.05, 0.1) is 0 Å². The highest BCUT2D eigenvalue weighted by atomic mass is 19.1. The maximum absolute atomic E-state index is 12.3. The predicted molar refractivity (Wildman–Crippen MR) is 56.2 cm³/mol. The Labute approximate surface area is 85.9 Å². The normalized spacial score (nSPS) is 28.3. The molecule has 1 N–H and O–H groups in total. The second kappa shape index (κ2) is 5.08. The van der Waals surface area contributed by atoms with Crippen LogP contribution in [0.25, 0.3) is 0 Å². The van der Waals surface area contributed by atoms with E-state index in [-0.39, 0.29) is 6.67 Å². The maximum atomic E-state index is 12.3. The van der Waals surface area contributed by atoms with Crippen molar-refractivity contribution < 1.29 is 4.39 Å². The minimum atomic E-state index is -0.184. The Hall–Kier alpha value is -0.150. The number of halogens is 1. The monoisotopic (exact) mass is 200 g/mol. The minimum absolute atomic E-state index is 0.184. The quantitative estimate of drug-likeness (QED) is 0.722. The maximum Gasteiger partial charge on any atom is 0.102 e. The molecule has 2 nitrogen and oxygen atoms in total. The number of hydrogen-bond acceptors (Lipinski definition) is 2. The van der Waals surface area contributed by atoms with Gasteiger partial charge in [-0.15, -0.1) is 0 Å². The van der Waals surface area contributed by atoms with Crippen molar-refractivity contribution in [2.24, 2.45) is 5.92 Å². The van der Waals surface area contributed by atoms with Gasteiger partial charge in [-0.1, -0.05) is 0 Å². The Balaban J connectivity index is 1.73. The summed E-state index contributed by atoms with van der Waals surface area (Å²) in [6, 6.07) is 0.715. The largest absolute Gasteiger partial charge is 0.316 e. The Bertz CT molecular complexity index is 165. The SMILES string of the molecule is FCCN(CC1CCCNC1)C1CC1. The molecule has 0 bridgehead atoms. The molecule has 0 aromatic carbocycles. The first-order chi connectivity index (χ1) is 6.90. The van der Waals surface area contributed by atoms with Gasteiger partial charge in [-0.25, -0.2) is 4.39 Å². The lowest BCUT2D eigenvalue weighted by molar-refractivity contribution is 0.187. The van der Waals surface area contributed by atoms with Gasteiger partial charge in [0.25, 0.3) is 0 Å². The minimum Gasteiger partial charge on any atom is -0.316 e. The Morgan fingerprint density at radius 1 is 1.29 bits per heavy atom. The Morgan fingerprint density at radius 3 is 2.71 bits per heavy atom. The molecule has 82 valence electrons. The van der Waals surface area contributed by atoms with E-state index in [0.717, 1.165) is 19.0 Å². The van der Waals surface area contributed by atoms with Crippen molar-refractivity contribution in [3.05, 3.63) is 0 Å². The van der Waals surface area contributed by atoms with Crippen LogP contribution in [0.1, 0.15) is 25.7 Å². The van der Waals surface area contributed by atoms with Gasteiger partial charge in [0.2, 0.25) is 0 Å². The van der Waals surface area contributed by atoms with E-state index in [4.69, 9.17) is 0 Å². The highest BCUT2D eigenvalue weighted by Gasteiger charge is 2.30. The van der Waals surface area contributed by atoms with E-state index < -0.39 is 0 Å². The summed E-state index contributed by atoms with van der Waals surface area (Å²) in [4.78, 5) is 2.36. The van der Waals surface area contributed by atoms with Gasteiger partial charge in [-0.05, 0) is 44.7 Å². The van der Waals surface area contributed by atoms with Gasteiger partial charge in [0.1, 0.15) is 6.67 Å². The van der Waals surface area contributed by atoms with Gasteiger partial charge >= 0.3 is 0 Å². The first kappa shape index (κ1) is 10.4. The molecule has 1 aliphatic heterocycles. The van der Waals surface area contributed by atoms with Crippen LogP contribution < -0.4 is 5.32 Å². The predicted octanol–water partition coefficient (Wildman–Crippen LogP) is 1.42. The number of alkyl halides is 1. The number of rotatable bonds is 5. The van der Waals surface area contributed by atoms with E-state index in [1.807, 2.05) is 0 Å².